The summed E-state index contributed by atoms with van der Waals surface area (Å²) in [6.07, 6.45) is 0. The third-order valence-corrected chi connectivity index (χ3v) is 3.60. The molecule has 0 aromatic carbocycles. The smallest absolute Gasteiger partial charge is 0.255 e. The summed E-state index contributed by atoms with van der Waals surface area (Å²) < 4.78 is 0. The van der Waals surface area contributed by atoms with Gasteiger partial charge in [-0.2, -0.15) is 10.2 Å². The highest BCUT2D eigenvalue weighted by Gasteiger charge is 2.26. The van der Waals surface area contributed by atoms with Crippen LogP contribution in [0.3, 0.4) is 0 Å². The van der Waals surface area contributed by atoms with E-state index < -0.39 is 5.60 Å². The first-order chi connectivity index (χ1) is 9.76. The van der Waals surface area contributed by atoms with E-state index in [1.165, 1.54) is 0 Å². The van der Waals surface area contributed by atoms with E-state index in [1.54, 1.807) is 19.9 Å². The molecule has 21 heavy (non-hydrogen) atoms. The number of aromatic nitrogens is 2. The first-order valence-corrected chi connectivity index (χ1v) is 7.31. The van der Waals surface area contributed by atoms with Crippen LogP contribution in [0, 0.1) is 13.8 Å². The molecule has 1 amide bonds. The van der Waals surface area contributed by atoms with E-state index in [4.69, 9.17) is 0 Å². The second kappa shape index (κ2) is 6.07. The Morgan fingerprint density at radius 1 is 1.24 bits per heavy atom. The molecular formula is C15H24N4O2. The maximum Gasteiger partial charge on any atom is 0.255 e. The second-order valence-electron chi connectivity index (χ2n) is 6.37. The van der Waals surface area contributed by atoms with Crippen LogP contribution in [-0.2, 0) is 0 Å². The first kappa shape index (κ1) is 15.9. The topological polar surface area (TPSA) is 69.6 Å². The van der Waals surface area contributed by atoms with E-state index in [0.29, 0.717) is 30.9 Å². The highest BCUT2D eigenvalue weighted by atomic mass is 16.3. The van der Waals surface area contributed by atoms with Crippen LogP contribution < -0.4 is 0 Å². The molecule has 6 heteroatoms. The predicted molar refractivity (Wildman–Crippen MR) is 80.1 cm³/mol. The van der Waals surface area contributed by atoms with Crippen LogP contribution in [0.5, 0.6) is 0 Å². The Morgan fingerprint density at radius 2 is 1.86 bits per heavy atom. The van der Waals surface area contributed by atoms with Crippen molar-refractivity contribution in [3.8, 4) is 0 Å². The van der Waals surface area contributed by atoms with Gasteiger partial charge in [-0.25, -0.2) is 0 Å². The molecule has 1 saturated heterocycles. The van der Waals surface area contributed by atoms with Gasteiger partial charge < -0.3 is 10.0 Å². The molecule has 1 aromatic heterocycles. The van der Waals surface area contributed by atoms with Crippen molar-refractivity contribution in [2.75, 3.05) is 32.7 Å². The van der Waals surface area contributed by atoms with Crippen LogP contribution in [0.25, 0.3) is 0 Å². The predicted octanol–water partition coefficient (Wildman–Crippen LogP) is 0.622. The van der Waals surface area contributed by atoms with Crippen LogP contribution in [0.15, 0.2) is 6.07 Å². The zero-order chi connectivity index (χ0) is 15.6. The average Bonchev–Trinajstić information content (AvgIpc) is 2.40. The fourth-order valence-corrected chi connectivity index (χ4v) is 2.59. The number of carbonyl (C=O) groups is 1. The Bertz CT molecular complexity index is 517. The monoisotopic (exact) mass is 292 g/mol. The minimum absolute atomic E-state index is 0.0217. The lowest BCUT2D eigenvalue weighted by Crippen LogP contribution is -2.52. The standard InChI is InChI=1S/C15H24N4O2/c1-11-9-13(12(2)17-16-11)14(20)19-7-5-18(6-8-19)10-15(3,4)21/h9,21H,5-8,10H2,1-4H3. The van der Waals surface area contributed by atoms with Gasteiger partial charge in [0, 0.05) is 32.7 Å². The number of rotatable bonds is 3. The van der Waals surface area contributed by atoms with Gasteiger partial charge in [-0.15, -0.1) is 0 Å². The summed E-state index contributed by atoms with van der Waals surface area (Å²) in [5.41, 5.74) is 1.36. The van der Waals surface area contributed by atoms with Gasteiger partial charge in [0.25, 0.3) is 5.91 Å². The number of hydrogen-bond donors (Lipinski definition) is 1. The summed E-state index contributed by atoms with van der Waals surface area (Å²) in [6.45, 7) is 10.8. The molecule has 1 N–H and O–H groups in total. The molecule has 0 bridgehead atoms. The van der Waals surface area contributed by atoms with Gasteiger partial charge in [-0.3, -0.25) is 9.69 Å². The summed E-state index contributed by atoms with van der Waals surface area (Å²) >= 11 is 0. The third kappa shape index (κ3) is 4.22. The van der Waals surface area contributed by atoms with Crippen molar-refractivity contribution in [3.63, 3.8) is 0 Å². The van der Waals surface area contributed by atoms with E-state index in [2.05, 4.69) is 15.1 Å². The Kier molecular flexibility index (Phi) is 4.58. The summed E-state index contributed by atoms with van der Waals surface area (Å²) in [4.78, 5) is 16.6. The van der Waals surface area contributed by atoms with Crippen LogP contribution in [-0.4, -0.2) is 69.3 Å². The lowest BCUT2D eigenvalue weighted by molar-refractivity contribution is 0.0178. The fourth-order valence-electron chi connectivity index (χ4n) is 2.59. The molecule has 1 aliphatic rings. The van der Waals surface area contributed by atoms with Gasteiger partial charge in [0.1, 0.15) is 0 Å². The second-order valence-corrected chi connectivity index (χ2v) is 6.37. The number of hydrogen-bond acceptors (Lipinski definition) is 5. The van der Waals surface area contributed by atoms with Crippen molar-refractivity contribution in [1.29, 1.82) is 0 Å². The molecule has 1 aromatic rings. The maximum atomic E-state index is 12.6. The number of nitrogens with zero attached hydrogens (tertiary/aromatic N) is 4. The highest BCUT2D eigenvalue weighted by molar-refractivity contribution is 5.95. The van der Waals surface area contributed by atoms with Crippen LogP contribution in [0.1, 0.15) is 35.6 Å². The normalized spacial score (nSPS) is 17.1. The minimum Gasteiger partial charge on any atom is -0.389 e. The average molecular weight is 292 g/mol. The molecule has 0 radical (unpaired) electrons. The third-order valence-electron chi connectivity index (χ3n) is 3.60. The van der Waals surface area contributed by atoms with Crippen molar-refractivity contribution in [3.05, 3.63) is 23.0 Å². The number of aryl methyl sites for hydroxylation is 2. The molecule has 1 fully saturated rings. The van der Waals surface area contributed by atoms with Crippen LogP contribution >= 0.6 is 0 Å². The summed E-state index contributed by atoms with van der Waals surface area (Å²) in [5.74, 6) is 0.0217. The van der Waals surface area contributed by atoms with Crippen LogP contribution in [0.2, 0.25) is 0 Å². The summed E-state index contributed by atoms with van der Waals surface area (Å²) in [5, 5.41) is 17.8. The molecular weight excluding hydrogens is 268 g/mol. The first-order valence-electron chi connectivity index (χ1n) is 7.31. The van der Waals surface area contributed by atoms with Gasteiger partial charge in [-0.05, 0) is 33.8 Å². The highest BCUT2D eigenvalue weighted by Crippen LogP contribution is 2.13. The van der Waals surface area contributed by atoms with Gasteiger partial charge in [0.05, 0.1) is 22.6 Å². The van der Waals surface area contributed by atoms with E-state index in [-0.39, 0.29) is 5.91 Å². The van der Waals surface area contributed by atoms with Crippen molar-refractivity contribution in [1.82, 2.24) is 20.0 Å². The quantitative estimate of drug-likeness (QED) is 0.884. The minimum atomic E-state index is -0.700. The number of carbonyl (C=O) groups excluding carboxylic acids is 1. The van der Waals surface area contributed by atoms with E-state index >= 15 is 0 Å². The number of amides is 1. The Morgan fingerprint density at radius 3 is 2.43 bits per heavy atom. The number of β-amino-alcohol motifs (C(OH)–C–C–N with tert-alkyl or cyclic N) is 1. The van der Waals surface area contributed by atoms with Gasteiger partial charge in [0.15, 0.2) is 0 Å². The van der Waals surface area contributed by atoms with Crippen molar-refractivity contribution in [2.24, 2.45) is 0 Å². The van der Waals surface area contributed by atoms with Gasteiger partial charge in [0.2, 0.25) is 0 Å². The largest absolute Gasteiger partial charge is 0.389 e. The van der Waals surface area contributed by atoms with Gasteiger partial charge in [-0.1, -0.05) is 0 Å². The van der Waals surface area contributed by atoms with E-state index in [1.807, 2.05) is 18.7 Å². The Labute approximate surface area is 125 Å². The van der Waals surface area contributed by atoms with Crippen molar-refractivity contribution >= 4 is 5.91 Å². The zero-order valence-electron chi connectivity index (χ0n) is 13.3. The molecule has 0 unspecified atom stereocenters. The molecule has 116 valence electrons. The maximum absolute atomic E-state index is 12.6. The Hall–Kier alpha value is -1.53. The number of piperazine rings is 1. The molecule has 0 atom stereocenters. The van der Waals surface area contributed by atoms with Crippen molar-refractivity contribution < 1.29 is 9.90 Å². The molecule has 2 heterocycles. The molecule has 0 saturated carbocycles. The molecule has 2 rings (SSSR count). The molecule has 6 nitrogen and oxygen atoms in total. The zero-order valence-corrected chi connectivity index (χ0v) is 13.3. The Balaban J connectivity index is 1.99. The molecule has 0 aliphatic carbocycles. The molecule has 0 spiro atoms. The molecule has 1 aliphatic heterocycles. The summed E-state index contributed by atoms with van der Waals surface area (Å²) in [7, 11) is 0. The number of aliphatic hydroxyl groups is 1. The fraction of sp³-hybridized carbons (Fsp3) is 0.667. The van der Waals surface area contributed by atoms with E-state index in [0.717, 1.165) is 18.8 Å². The van der Waals surface area contributed by atoms with Gasteiger partial charge >= 0.3 is 0 Å². The van der Waals surface area contributed by atoms with Crippen LogP contribution in [0.4, 0.5) is 0 Å². The SMILES string of the molecule is Cc1cc(C(=O)N2CCN(CC(C)(C)O)CC2)c(C)nn1. The van der Waals surface area contributed by atoms with E-state index in [9.17, 15) is 9.90 Å². The van der Waals surface area contributed by atoms with Crippen molar-refractivity contribution in [2.45, 2.75) is 33.3 Å². The lowest BCUT2D eigenvalue weighted by atomic mass is 10.1. The summed E-state index contributed by atoms with van der Waals surface area (Å²) in [6, 6.07) is 1.80. The lowest BCUT2D eigenvalue weighted by Gasteiger charge is -2.37.